The highest BCUT2D eigenvalue weighted by Gasteiger charge is 2.27. The van der Waals surface area contributed by atoms with Gasteiger partial charge in [-0.3, -0.25) is 0 Å². The Morgan fingerprint density at radius 1 is 1.82 bits per heavy atom. The summed E-state index contributed by atoms with van der Waals surface area (Å²) in [7, 11) is 1.25. The lowest BCUT2D eigenvalue weighted by atomic mass is 10.2. The monoisotopic (exact) mass is 159 g/mol. The normalized spacial score (nSPS) is 22.6. The molecular formula is C6H9NO4. The van der Waals surface area contributed by atoms with E-state index in [4.69, 9.17) is 0 Å². The van der Waals surface area contributed by atoms with Gasteiger partial charge in [0.05, 0.1) is 13.7 Å². The third kappa shape index (κ3) is 1.83. The van der Waals surface area contributed by atoms with Crippen molar-refractivity contribution in [1.82, 2.24) is 5.32 Å². The average Bonchev–Trinajstić information content (AvgIpc) is 2.37. The quantitative estimate of drug-likeness (QED) is 0.531. The zero-order chi connectivity index (χ0) is 8.27. The summed E-state index contributed by atoms with van der Waals surface area (Å²) in [6, 6.07) is -0.526. The number of carbonyl (C=O) groups is 2. The molecule has 0 saturated carbocycles. The molecule has 0 aromatic carbocycles. The molecule has 1 rings (SSSR count). The number of amides is 1. The van der Waals surface area contributed by atoms with Gasteiger partial charge in [0.1, 0.15) is 6.04 Å². The molecule has 1 amide bonds. The molecule has 0 aromatic heterocycles. The van der Waals surface area contributed by atoms with Crippen molar-refractivity contribution in [3.8, 4) is 0 Å². The first-order chi connectivity index (χ1) is 5.24. The predicted octanol–water partition coefficient (Wildman–Crippen LogP) is -0.342. The van der Waals surface area contributed by atoms with Crippen LogP contribution in [0.3, 0.4) is 0 Å². The molecule has 0 aromatic rings. The van der Waals surface area contributed by atoms with E-state index in [1.807, 2.05) is 0 Å². The molecule has 5 heteroatoms. The fraction of sp³-hybridized carbons (Fsp3) is 0.667. The van der Waals surface area contributed by atoms with Crippen LogP contribution in [0.5, 0.6) is 0 Å². The number of ether oxygens (including phenoxy) is 2. The number of alkyl carbamates (subject to hydrolysis) is 1. The molecule has 5 nitrogen and oxygen atoms in total. The molecule has 1 atom stereocenters. The lowest BCUT2D eigenvalue weighted by Gasteiger charge is -2.05. The second-order valence-corrected chi connectivity index (χ2v) is 2.14. The molecule has 1 aliphatic heterocycles. The van der Waals surface area contributed by atoms with Gasteiger partial charge in [-0.2, -0.15) is 0 Å². The largest absolute Gasteiger partial charge is 0.464 e. The highest BCUT2D eigenvalue weighted by atomic mass is 16.6. The first-order valence-corrected chi connectivity index (χ1v) is 3.25. The Labute approximate surface area is 63.7 Å². The predicted molar refractivity (Wildman–Crippen MR) is 34.9 cm³/mol. The maximum atomic E-state index is 10.7. The van der Waals surface area contributed by atoms with E-state index in [-0.39, 0.29) is 0 Å². The molecule has 62 valence electrons. The van der Waals surface area contributed by atoms with Gasteiger partial charge in [0.25, 0.3) is 0 Å². The van der Waals surface area contributed by atoms with Crippen LogP contribution in [0.15, 0.2) is 0 Å². The third-order valence-electron chi connectivity index (χ3n) is 1.41. The second-order valence-electron chi connectivity index (χ2n) is 2.14. The van der Waals surface area contributed by atoms with Crippen molar-refractivity contribution in [2.45, 2.75) is 12.5 Å². The van der Waals surface area contributed by atoms with Crippen molar-refractivity contribution in [1.29, 1.82) is 0 Å². The first-order valence-electron chi connectivity index (χ1n) is 3.25. The Kier molecular flexibility index (Phi) is 2.30. The van der Waals surface area contributed by atoms with Crippen molar-refractivity contribution in [2.75, 3.05) is 13.7 Å². The van der Waals surface area contributed by atoms with E-state index in [1.165, 1.54) is 7.11 Å². The molecule has 0 aliphatic carbocycles. The molecule has 0 spiro atoms. The van der Waals surface area contributed by atoms with Crippen molar-refractivity contribution < 1.29 is 19.1 Å². The fourth-order valence-electron chi connectivity index (χ4n) is 0.828. The van der Waals surface area contributed by atoms with Crippen LogP contribution >= 0.6 is 0 Å². The molecule has 1 aliphatic rings. The summed E-state index contributed by atoms with van der Waals surface area (Å²) in [5.41, 5.74) is 0. The fourth-order valence-corrected chi connectivity index (χ4v) is 0.828. The van der Waals surface area contributed by atoms with E-state index in [1.54, 1.807) is 0 Å². The zero-order valence-electron chi connectivity index (χ0n) is 6.12. The summed E-state index contributed by atoms with van der Waals surface area (Å²) in [4.78, 5) is 21.3. The summed E-state index contributed by atoms with van der Waals surface area (Å²) in [6.07, 6.45) is -0.0812. The number of carbonyl (C=O) groups excluding carboxylic acids is 2. The topological polar surface area (TPSA) is 64.6 Å². The van der Waals surface area contributed by atoms with Crippen molar-refractivity contribution in [2.24, 2.45) is 0 Å². The van der Waals surface area contributed by atoms with E-state index in [9.17, 15) is 9.59 Å². The van der Waals surface area contributed by atoms with Crippen LogP contribution in [0.4, 0.5) is 4.79 Å². The Morgan fingerprint density at radius 2 is 2.55 bits per heavy atom. The van der Waals surface area contributed by atoms with Crippen molar-refractivity contribution in [3.05, 3.63) is 0 Å². The van der Waals surface area contributed by atoms with E-state index in [0.717, 1.165) is 0 Å². The Hall–Kier alpha value is -1.26. The molecule has 1 saturated heterocycles. The van der Waals surface area contributed by atoms with Gasteiger partial charge in [0.15, 0.2) is 0 Å². The Morgan fingerprint density at radius 3 is 3.00 bits per heavy atom. The highest BCUT2D eigenvalue weighted by molar-refractivity contribution is 5.82. The number of nitrogens with one attached hydrogen (secondary N) is 1. The standard InChI is InChI=1S/C6H9NO4/c1-10-6(9)7-4-2-3-11-5(4)8/h4H,2-3H2,1H3,(H,7,9)/t4-/m1/s1. The van der Waals surface area contributed by atoms with Crippen LogP contribution in [-0.2, 0) is 14.3 Å². The van der Waals surface area contributed by atoms with Gasteiger partial charge in [-0.05, 0) is 0 Å². The molecule has 1 N–H and O–H groups in total. The van der Waals surface area contributed by atoms with Gasteiger partial charge in [-0.1, -0.05) is 0 Å². The van der Waals surface area contributed by atoms with Crippen LogP contribution < -0.4 is 5.32 Å². The lowest BCUT2D eigenvalue weighted by Crippen LogP contribution is -2.37. The summed E-state index contributed by atoms with van der Waals surface area (Å²) >= 11 is 0. The molecule has 0 unspecified atom stereocenters. The number of rotatable bonds is 1. The van der Waals surface area contributed by atoms with Gasteiger partial charge in [-0.25, -0.2) is 9.59 Å². The van der Waals surface area contributed by atoms with Crippen LogP contribution in [0.1, 0.15) is 6.42 Å². The number of cyclic esters (lactones) is 1. The molecule has 0 radical (unpaired) electrons. The van der Waals surface area contributed by atoms with Crippen molar-refractivity contribution in [3.63, 3.8) is 0 Å². The SMILES string of the molecule is COC(=O)N[C@@H]1CCOC1=O. The van der Waals surface area contributed by atoms with Gasteiger partial charge in [0.2, 0.25) is 0 Å². The van der Waals surface area contributed by atoms with Crippen molar-refractivity contribution >= 4 is 12.1 Å². The van der Waals surface area contributed by atoms with Gasteiger partial charge < -0.3 is 14.8 Å². The third-order valence-corrected chi connectivity index (χ3v) is 1.41. The Bertz CT molecular complexity index is 179. The Balaban J connectivity index is 2.36. The van der Waals surface area contributed by atoms with Gasteiger partial charge in [0, 0.05) is 6.42 Å². The number of methoxy groups -OCH3 is 1. The molecule has 1 fully saturated rings. The smallest absolute Gasteiger partial charge is 0.407 e. The number of hydrogen-bond donors (Lipinski definition) is 1. The van der Waals surface area contributed by atoms with Gasteiger partial charge >= 0.3 is 12.1 Å². The van der Waals surface area contributed by atoms with Crippen LogP contribution in [-0.4, -0.2) is 31.8 Å². The zero-order valence-corrected chi connectivity index (χ0v) is 6.12. The van der Waals surface area contributed by atoms with Crippen LogP contribution in [0.25, 0.3) is 0 Å². The first kappa shape index (κ1) is 7.84. The average molecular weight is 159 g/mol. The minimum Gasteiger partial charge on any atom is -0.464 e. The maximum Gasteiger partial charge on any atom is 0.407 e. The van der Waals surface area contributed by atoms with Gasteiger partial charge in [-0.15, -0.1) is 0 Å². The summed E-state index contributed by atoms with van der Waals surface area (Å²) in [6.45, 7) is 0.369. The van der Waals surface area contributed by atoms with E-state index in [2.05, 4.69) is 14.8 Å². The van der Waals surface area contributed by atoms with E-state index < -0.39 is 18.1 Å². The number of hydrogen-bond acceptors (Lipinski definition) is 4. The molecule has 0 bridgehead atoms. The van der Waals surface area contributed by atoms with E-state index >= 15 is 0 Å². The van der Waals surface area contributed by atoms with Crippen LogP contribution in [0, 0.1) is 0 Å². The minimum atomic E-state index is -0.603. The molecular weight excluding hydrogens is 150 g/mol. The molecule has 1 heterocycles. The number of esters is 1. The van der Waals surface area contributed by atoms with Crippen LogP contribution in [0.2, 0.25) is 0 Å². The second kappa shape index (κ2) is 3.23. The lowest BCUT2D eigenvalue weighted by molar-refractivity contribution is -0.139. The minimum absolute atomic E-state index is 0.369. The summed E-state index contributed by atoms with van der Waals surface area (Å²) in [5, 5.41) is 2.34. The summed E-state index contributed by atoms with van der Waals surface area (Å²) in [5.74, 6) is -0.393. The van der Waals surface area contributed by atoms with E-state index in [0.29, 0.717) is 13.0 Å². The summed E-state index contributed by atoms with van der Waals surface area (Å²) < 4.78 is 8.90. The highest BCUT2D eigenvalue weighted by Crippen LogP contribution is 2.05. The maximum absolute atomic E-state index is 10.7. The molecule has 11 heavy (non-hydrogen) atoms.